The molecule has 1 heterocycles. The second-order valence-electron chi connectivity index (χ2n) is 5.85. The molecule has 8 heteroatoms. The van der Waals surface area contributed by atoms with E-state index in [1.54, 1.807) is 38.4 Å². The summed E-state index contributed by atoms with van der Waals surface area (Å²) in [5.74, 6) is -0.197. The predicted octanol–water partition coefficient (Wildman–Crippen LogP) is 3.42. The lowest BCUT2D eigenvalue weighted by Crippen LogP contribution is -2.43. The number of halogens is 1. The number of hydrogen-bond donors (Lipinski definition) is 1. The van der Waals surface area contributed by atoms with Crippen LogP contribution in [-0.2, 0) is 9.59 Å². The highest BCUT2D eigenvalue weighted by atomic mass is 32.2. The number of nitrogens with one attached hydrogen (secondary N) is 1. The molecule has 1 N–H and O–H groups in total. The molecule has 0 radical (unpaired) electrons. The molecule has 2 amide bonds. The molecule has 1 saturated heterocycles. The van der Waals surface area contributed by atoms with E-state index in [9.17, 15) is 14.0 Å². The van der Waals surface area contributed by atoms with Gasteiger partial charge >= 0.3 is 0 Å². The fourth-order valence-electron chi connectivity index (χ4n) is 2.42. The summed E-state index contributed by atoms with van der Waals surface area (Å²) in [5.41, 5.74) is 1.12. The first-order valence-corrected chi connectivity index (χ1v) is 9.06. The Morgan fingerprint density at radius 1 is 1.22 bits per heavy atom. The molecule has 0 spiro atoms. The highest BCUT2D eigenvalue weighted by molar-refractivity contribution is 8.15. The van der Waals surface area contributed by atoms with Crippen LogP contribution in [0.1, 0.15) is 6.42 Å². The van der Waals surface area contributed by atoms with Gasteiger partial charge in [-0.3, -0.25) is 14.5 Å². The monoisotopic (exact) mass is 387 g/mol. The Kier molecular flexibility index (Phi) is 5.75. The van der Waals surface area contributed by atoms with Gasteiger partial charge < -0.3 is 10.1 Å². The molecule has 1 aliphatic heterocycles. The minimum absolute atomic E-state index is 0.0653. The zero-order chi connectivity index (χ0) is 19.4. The fourth-order valence-corrected chi connectivity index (χ4v) is 3.49. The van der Waals surface area contributed by atoms with E-state index in [-0.39, 0.29) is 24.1 Å². The van der Waals surface area contributed by atoms with E-state index >= 15 is 0 Å². The number of hydrogen-bond acceptors (Lipinski definition) is 5. The van der Waals surface area contributed by atoms with Crippen molar-refractivity contribution in [3.8, 4) is 5.75 Å². The SMILES string of the molecule is COc1ccc(N=C2S[C@H](C(=O)Nc3ccc(F)cc3)CC(=O)N2C)cc1. The van der Waals surface area contributed by atoms with Crippen LogP contribution in [0.2, 0.25) is 0 Å². The molecule has 140 valence electrons. The number of carbonyl (C=O) groups excluding carboxylic acids is 2. The topological polar surface area (TPSA) is 71.0 Å². The summed E-state index contributed by atoms with van der Waals surface area (Å²) in [6.07, 6.45) is 0.0653. The molecule has 1 fully saturated rings. The second-order valence-corrected chi connectivity index (χ2v) is 7.02. The van der Waals surface area contributed by atoms with Gasteiger partial charge in [-0.05, 0) is 48.5 Å². The number of benzene rings is 2. The van der Waals surface area contributed by atoms with Gasteiger partial charge in [0.05, 0.1) is 12.8 Å². The van der Waals surface area contributed by atoms with Crippen LogP contribution in [0.25, 0.3) is 0 Å². The first-order valence-electron chi connectivity index (χ1n) is 8.18. The van der Waals surface area contributed by atoms with Gasteiger partial charge in [0.2, 0.25) is 11.8 Å². The summed E-state index contributed by atoms with van der Waals surface area (Å²) < 4.78 is 18.1. The van der Waals surface area contributed by atoms with Crippen LogP contribution >= 0.6 is 11.8 Å². The maximum Gasteiger partial charge on any atom is 0.238 e. The van der Waals surface area contributed by atoms with Crippen molar-refractivity contribution >= 4 is 40.1 Å². The van der Waals surface area contributed by atoms with Crippen molar-refractivity contribution in [2.45, 2.75) is 11.7 Å². The molecule has 3 rings (SSSR count). The molecule has 6 nitrogen and oxygen atoms in total. The first kappa shape index (κ1) is 18.9. The number of nitrogens with zero attached hydrogens (tertiary/aromatic N) is 2. The molecule has 1 atom stereocenters. The average Bonchev–Trinajstić information content (AvgIpc) is 2.67. The molecular weight excluding hydrogens is 369 g/mol. The smallest absolute Gasteiger partial charge is 0.238 e. The molecule has 0 aromatic heterocycles. The van der Waals surface area contributed by atoms with E-state index in [0.717, 1.165) is 0 Å². The Morgan fingerprint density at radius 3 is 2.52 bits per heavy atom. The summed E-state index contributed by atoms with van der Waals surface area (Å²) in [6.45, 7) is 0. The van der Waals surface area contributed by atoms with Crippen LogP contribution in [0.15, 0.2) is 53.5 Å². The van der Waals surface area contributed by atoms with Crippen molar-refractivity contribution in [1.29, 1.82) is 0 Å². The van der Waals surface area contributed by atoms with Gasteiger partial charge in [-0.25, -0.2) is 9.38 Å². The number of thioether (sulfide) groups is 1. The maximum absolute atomic E-state index is 13.0. The van der Waals surface area contributed by atoms with Gasteiger partial charge in [-0.2, -0.15) is 0 Å². The van der Waals surface area contributed by atoms with Crippen LogP contribution in [0.5, 0.6) is 5.75 Å². The second kappa shape index (κ2) is 8.22. The van der Waals surface area contributed by atoms with Gasteiger partial charge in [0.25, 0.3) is 0 Å². The number of carbonyl (C=O) groups is 2. The highest BCUT2D eigenvalue weighted by Crippen LogP contribution is 2.29. The summed E-state index contributed by atoms with van der Waals surface area (Å²) >= 11 is 1.22. The van der Waals surface area contributed by atoms with Crippen LogP contribution in [-0.4, -0.2) is 41.3 Å². The van der Waals surface area contributed by atoms with E-state index in [0.29, 0.717) is 22.3 Å². The van der Waals surface area contributed by atoms with Crippen LogP contribution in [0.3, 0.4) is 0 Å². The van der Waals surface area contributed by atoms with Crippen LogP contribution in [0, 0.1) is 5.82 Å². The third-order valence-corrected chi connectivity index (χ3v) is 5.21. The number of methoxy groups -OCH3 is 1. The average molecular weight is 387 g/mol. The minimum Gasteiger partial charge on any atom is -0.497 e. The lowest BCUT2D eigenvalue weighted by molar-refractivity contribution is -0.128. The molecule has 1 aliphatic rings. The van der Waals surface area contributed by atoms with Crippen molar-refractivity contribution in [3.63, 3.8) is 0 Å². The molecular formula is C19H18FN3O3S. The Morgan fingerprint density at radius 2 is 1.89 bits per heavy atom. The van der Waals surface area contributed by atoms with Crippen LogP contribution < -0.4 is 10.1 Å². The molecule has 0 aliphatic carbocycles. The zero-order valence-electron chi connectivity index (χ0n) is 14.8. The number of amides is 2. The van der Waals surface area contributed by atoms with E-state index in [1.165, 1.54) is 40.9 Å². The predicted molar refractivity (Wildman–Crippen MR) is 104 cm³/mol. The molecule has 0 saturated carbocycles. The van der Waals surface area contributed by atoms with Crippen molar-refractivity contribution in [1.82, 2.24) is 4.90 Å². The van der Waals surface area contributed by atoms with Crippen LogP contribution in [0.4, 0.5) is 15.8 Å². The van der Waals surface area contributed by atoms with Crippen molar-refractivity contribution < 1.29 is 18.7 Å². The number of amidine groups is 1. The van der Waals surface area contributed by atoms with Gasteiger partial charge in [0.1, 0.15) is 16.8 Å². The molecule has 27 heavy (non-hydrogen) atoms. The summed E-state index contributed by atoms with van der Waals surface area (Å²) in [6, 6.07) is 12.6. The van der Waals surface area contributed by atoms with Crippen molar-refractivity contribution in [3.05, 3.63) is 54.3 Å². The Bertz CT molecular complexity index is 869. The van der Waals surface area contributed by atoms with Gasteiger partial charge in [-0.15, -0.1) is 0 Å². The van der Waals surface area contributed by atoms with Gasteiger partial charge in [-0.1, -0.05) is 11.8 Å². The number of rotatable bonds is 4. The lowest BCUT2D eigenvalue weighted by atomic mass is 10.2. The number of ether oxygens (including phenoxy) is 1. The molecule has 0 bridgehead atoms. The number of aliphatic imine (C=N–C) groups is 1. The Hall–Kier alpha value is -2.87. The van der Waals surface area contributed by atoms with Crippen molar-refractivity contribution in [2.75, 3.05) is 19.5 Å². The Balaban J connectivity index is 1.75. The fraction of sp³-hybridized carbons (Fsp3) is 0.211. The largest absolute Gasteiger partial charge is 0.497 e. The Labute approximate surface area is 160 Å². The summed E-state index contributed by atoms with van der Waals surface area (Å²) in [4.78, 5) is 30.7. The van der Waals surface area contributed by atoms with E-state index in [1.807, 2.05) is 0 Å². The van der Waals surface area contributed by atoms with Gasteiger partial charge in [0.15, 0.2) is 5.17 Å². The summed E-state index contributed by atoms with van der Waals surface area (Å²) in [7, 11) is 3.21. The minimum atomic E-state index is -0.615. The third-order valence-electron chi connectivity index (χ3n) is 3.97. The molecule has 2 aromatic rings. The third kappa shape index (κ3) is 4.65. The molecule has 0 unspecified atom stereocenters. The van der Waals surface area contributed by atoms with E-state index < -0.39 is 5.25 Å². The van der Waals surface area contributed by atoms with E-state index in [4.69, 9.17) is 4.74 Å². The standard InChI is InChI=1S/C19H18FN3O3S/c1-23-17(24)11-16(18(25)21-13-5-3-12(20)4-6-13)27-19(23)22-14-7-9-15(26-2)10-8-14/h3-10,16H,11H2,1-2H3,(H,21,25)/t16-/m0/s1. The quantitative estimate of drug-likeness (QED) is 0.873. The number of anilines is 1. The summed E-state index contributed by atoms with van der Waals surface area (Å²) in [5, 5.41) is 2.53. The molecule has 2 aromatic carbocycles. The normalized spacial score (nSPS) is 18.5. The zero-order valence-corrected chi connectivity index (χ0v) is 15.6. The van der Waals surface area contributed by atoms with Crippen molar-refractivity contribution in [2.24, 2.45) is 4.99 Å². The highest BCUT2D eigenvalue weighted by Gasteiger charge is 2.34. The first-order chi connectivity index (χ1) is 13.0. The maximum atomic E-state index is 13.0. The van der Waals surface area contributed by atoms with Gasteiger partial charge in [0, 0.05) is 19.2 Å². The lowest BCUT2D eigenvalue weighted by Gasteiger charge is -2.28. The van der Waals surface area contributed by atoms with E-state index in [2.05, 4.69) is 10.3 Å².